The average molecular weight is 295 g/mol. The smallest absolute Gasteiger partial charge is 0.231 e. The summed E-state index contributed by atoms with van der Waals surface area (Å²) in [7, 11) is 1.67. The summed E-state index contributed by atoms with van der Waals surface area (Å²) in [6.45, 7) is 2.76. The predicted molar refractivity (Wildman–Crippen MR) is 79.9 cm³/mol. The van der Waals surface area contributed by atoms with Gasteiger partial charge in [0.05, 0.1) is 17.4 Å². The topological polar surface area (TPSA) is 118 Å². The van der Waals surface area contributed by atoms with E-state index in [2.05, 4.69) is 25.7 Å². The second-order valence-electron chi connectivity index (χ2n) is 3.93. The van der Waals surface area contributed by atoms with E-state index in [0.29, 0.717) is 11.8 Å². The van der Waals surface area contributed by atoms with E-state index in [1.165, 1.54) is 0 Å². The second-order valence-corrected chi connectivity index (χ2v) is 4.31. The molecule has 2 heterocycles. The molecule has 0 bridgehead atoms. The number of nitrogen functional groups attached to an aromatic ring is 1. The highest BCUT2D eigenvalue weighted by Crippen LogP contribution is 2.23. The second kappa shape index (κ2) is 5.74. The van der Waals surface area contributed by atoms with Gasteiger partial charge in [-0.25, -0.2) is 0 Å². The maximum Gasteiger partial charge on any atom is 0.231 e. The number of nitrogens with one attached hydrogen (secondary N) is 3. The van der Waals surface area contributed by atoms with Gasteiger partial charge in [0.1, 0.15) is 16.8 Å². The summed E-state index contributed by atoms with van der Waals surface area (Å²) in [5.41, 5.74) is 6.84. The van der Waals surface area contributed by atoms with Crippen molar-refractivity contribution in [2.45, 2.75) is 13.5 Å². The van der Waals surface area contributed by atoms with Gasteiger partial charge < -0.3 is 16.4 Å². The van der Waals surface area contributed by atoms with E-state index >= 15 is 0 Å². The first-order valence-corrected chi connectivity index (χ1v) is 6.32. The Bertz CT molecular complexity index is 635. The van der Waals surface area contributed by atoms with E-state index in [1.807, 2.05) is 13.1 Å². The van der Waals surface area contributed by atoms with Crippen molar-refractivity contribution in [3.05, 3.63) is 18.0 Å². The fraction of sp³-hybridized carbons (Fsp3) is 0.273. The first-order valence-electron chi connectivity index (χ1n) is 5.94. The standard InChI is InChI=1S/C11H15ClN8/c1-3-20-5-6(4-16-20)17-11-18-9(14)7(8(12)13)10(15-2)19-11/h4-5,13H,3H2,1-2H3,(H4,14,15,17,18,19). The Morgan fingerprint density at radius 1 is 1.50 bits per heavy atom. The van der Waals surface area contributed by atoms with E-state index in [1.54, 1.807) is 17.9 Å². The third kappa shape index (κ3) is 2.80. The minimum Gasteiger partial charge on any atom is -0.383 e. The molecule has 5 N–H and O–H groups in total. The van der Waals surface area contributed by atoms with Gasteiger partial charge in [0.25, 0.3) is 0 Å². The largest absolute Gasteiger partial charge is 0.383 e. The Morgan fingerprint density at radius 3 is 2.80 bits per heavy atom. The van der Waals surface area contributed by atoms with Crippen LogP contribution in [-0.2, 0) is 6.54 Å². The van der Waals surface area contributed by atoms with Crippen molar-refractivity contribution in [1.29, 1.82) is 5.41 Å². The number of nitrogens with two attached hydrogens (primary N) is 1. The molecule has 2 aromatic heterocycles. The van der Waals surface area contributed by atoms with Gasteiger partial charge in [-0.2, -0.15) is 15.1 Å². The normalized spacial score (nSPS) is 10.3. The number of hydrogen-bond donors (Lipinski definition) is 4. The summed E-state index contributed by atoms with van der Waals surface area (Å²) in [5.74, 6) is 0.835. The molecule has 0 radical (unpaired) electrons. The van der Waals surface area contributed by atoms with Crippen LogP contribution >= 0.6 is 11.6 Å². The van der Waals surface area contributed by atoms with E-state index < -0.39 is 0 Å². The van der Waals surface area contributed by atoms with Crippen LogP contribution in [0.1, 0.15) is 12.5 Å². The van der Waals surface area contributed by atoms with Crippen LogP contribution in [0, 0.1) is 5.41 Å². The number of halogens is 1. The maximum absolute atomic E-state index is 7.47. The first-order chi connectivity index (χ1) is 9.55. The molecule has 2 rings (SSSR count). The Morgan fingerprint density at radius 2 is 2.25 bits per heavy atom. The monoisotopic (exact) mass is 294 g/mol. The zero-order valence-electron chi connectivity index (χ0n) is 11.1. The number of hydrogen-bond acceptors (Lipinski definition) is 7. The number of nitrogens with zero attached hydrogens (tertiary/aromatic N) is 4. The summed E-state index contributed by atoms with van der Waals surface area (Å²) < 4.78 is 1.77. The zero-order valence-corrected chi connectivity index (χ0v) is 11.9. The molecular weight excluding hydrogens is 280 g/mol. The predicted octanol–water partition coefficient (Wildman–Crippen LogP) is 1.62. The van der Waals surface area contributed by atoms with Crippen molar-refractivity contribution in [1.82, 2.24) is 19.7 Å². The molecule has 9 heteroatoms. The molecule has 0 fully saturated rings. The summed E-state index contributed by atoms with van der Waals surface area (Å²) in [4.78, 5) is 8.31. The minimum atomic E-state index is -0.211. The molecule has 106 valence electrons. The molecule has 2 aromatic rings. The van der Waals surface area contributed by atoms with Gasteiger partial charge in [-0.3, -0.25) is 10.1 Å². The summed E-state index contributed by atoms with van der Waals surface area (Å²) in [6.07, 6.45) is 3.50. The summed E-state index contributed by atoms with van der Waals surface area (Å²) >= 11 is 5.68. The lowest BCUT2D eigenvalue weighted by atomic mass is 10.3. The Balaban J connectivity index is 2.33. The molecular formula is C11H15ClN8. The van der Waals surface area contributed by atoms with Crippen molar-refractivity contribution < 1.29 is 0 Å². The van der Waals surface area contributed by atoms with Crippen molar-refractivity contribution in [3.63, 3.8) is 0 Å². The number of aromatic nitrogens is 4. The van der Waals surface area contributed by atoms with Crippen LogP contribution in [0.3, 0.4) is 0 Å². The lowest BCUT2D eigenvalue weighted by molar-refractivity contribution is 0.660. The highest BCUT2D eigenvalue weighted by molar-refractivity contribution is 6.69. The molecule has 0 saturated heterocycles. The van der Waals surface area contributed by atoms with E-state index in [9.17, 15) is 0 Å². The lowest BCUT2D eigenvalue weighted by Gasteiger charge is -2.11. The molecule has 0 aliphatic heterocycles. The van der Waals surface area contributed by atoms with Gasteiger partial charge in [0.15, 0.2) is 0 Å². The molecule has 0 atom stereocenters. The van der Waals surface area contributed by atoms with Crippen LogP contribution in [0.2, 0.25) is 0 Å². The number of rotatable bonds is 5. The Hall–Kier alpha value is -2.35. The van der Waals surface area contributed by atoms with E-state index in [0.717, 1.165) is 12.2 Å². The van der Waals surface area contributed by atoms with Crippen LogP contribution in [0.25, 0.3) is 0 Å². The van der Waals surface area contributed by atoms with Crippen molar-refractivity contribution in [2.24, 2.45) is 0 Å². The SMILES string of the molecule is CCn1cc(Nc2nc(N)c(C(=N)Cl)c(NC)n2)cn1. The molecule has 20 heavy (non-hydrogen) atoms. The van der Waals surface area contributed by atoms with Gasteiger partial charge in [0, 0.05) is 19.8 Å². The maximum atomic E-state index is 7.47. The molecule has 8 nitrogen and oxygen atoms in total. The quantitative estimate of drug-likeness (QED) is 0.623. The van der Waals surface area contributed by atoms with Crippen LogP contribution in [0.4, 0.5) is 23.3 Å². The fourth-order valence-electron chi connectivity index (χ4n) is 1.66. The Labute approximate surface area is 120 Å². The summed E-state index contributed by atoms with van der Waals surface area (Å²) in [5, 5.41) is 17.2. The molecule has 0 aromatic carbocycles. The zero-order chi connectivity index (χ0) is 14.7. The molecule has 0 aliphatic carbocycles. The molecule has 0 aliphatic rings. The molecule has 0 saturated carbocycles. The highest BCUT2D eigenvalue weighted by atomic mass is 35.5. The van der Waals surface area contributed by atoms with Crippen LogP contribution in [0.15, 0.2) is 12.4 Å². The van der Waals surface area contributed by atoms with Crippen molar-refractivity contribution in [3.8, 4) is 0 Å². The number of aryl methyl sites for hydroxylation is 1. The van der Waals surface area contributed by atoms with Gasteiger partial charge in [-0.05, 0) is 6.92 Å². The average Bonchev–Trinajstić information content (AvgIpc) is 2.85. The number of anilines is 4. The van der Waals surface area contributed by atoms with Gasteiger partial charge in [-0.1, -0.05) is 11.6 Å². The van der Waals surface area contributed by atoms with Crippen LogP contribution < -0.4 is 16.4 Å². The van der Waals surface area contributed by atoms with Gasteiger partial charge >= 0.3 is 0 Å². The van der Waals surface area contributed by atoms with Crippen molar-refractivity contribution >= 4 is 40.0 Å². The third-order valence-electron chi connectivity index (χ3n) is 2.61. The Kier molecular flexibility index (Phi) is 4.04. The van der Waals surface area contributed by atoms with Gasteiger partial charge in [0.2, 0.25) is 5.95 Å². The van der Waals surface area contributed by atoms with E-state index in [-0.39, 0.29) is 16.6 Å². The van der Waals surface area contributed by atoms with E-state index in [4.69, 9.17) is 22.7 Å². The minimum absolute atomic E-state index is 0.134. The molecule has 0 amide bonds. The first kappa shape index (κ1) is 14.1. The molecule has 0 unspecified atom stereocenters. The van der Waals surface area contributed by atoms with Crippen LogP contribution in [0.5, 0.6) is 0 Å². The molecule has 0 spiro atoms. The summed E-state index contributed by atoms with van der Waals surface area (Å²) in [6, 6.07) is 0. The van der Waals surface area contributed by atoms with Crippen molar-refractivity contribution in [2.75, 3.05) is 23.4 Å². The fourth-order valence-corrected chi connectivity index (χ4v) is 1.85. The lowest BCUT2D eigenvalue weighted by Crippen LogP contribution is -2.10. The highest BCUT2D eigenvalue weighted by Gasteiger charge is 2.15. The third-order valence-corrected chi connectivity index (χ3v) is 2.80. The van der Waals surface area contributed by atoms with Crippen LogP contribution in [-0.4, -0.2) is 32.0 Å². The van der Waals surface area contributed by atoms with Gasteiger partial charge in [-0.15, -0.1) is 0 Å².